The van der Waals surface area contributed by atoms with Gasteiger partial charge in [-0.1, -0.05) is 11.8 Å². The highest BCUT2D eigenvalue weighted by Gasteiger charge is 2.54. The van der Waals surface area contributed by atoms with Crippen LogP contribution in [-0.4, -0.2) is 45.0 Å². The van der Waals surface area contributed by atoms with E-state index in [0.29, 0.717) is 41.7 Å². The molecule has 10 heteroatoms. The van der Waals surface area contributed by atoms with E-state index < -0.39 is 18.4 Å². The molecule has 0 radical (unpaired) electrons. The molecule has 0 unspecified atom stereocenters. The predicted octanol–water partition coefficient (Wildman–Crippen LogP) is 3.00. The summed E-state index contributed by atoms with van der Waals surface area (Å²) in [7, 11) is 0. The number of aromatic nitrogens is 4. The van der Waals surface area contributed by atoms with Gasteiger partial charge in [0.25, 0.3) is 6.43 Å². The Morgan fingerprint density at radius 3 is 2.85 bits per heavy atom. The summed E-state index contributed by atoms with van der Waals surface area (Å²) in [6, 6.07) is 0. The van der Waals surface area contributed by atoms with Crippen LogP contribution < -0.4 is 5.32 Å². The van der Waals surface area contributed by atoms with Gasteiger partial charge < -0.3 is 10.1 Å². The minimum atomic E-state index is -2.49. The number of esters is 1. The van der Waals surface area contributed by atoms with Crippen LogP contribution in [0.15, 0.2) is 23.7 Å². The third-order valence-corrected chi connectivity index (χ3v) is 4.66. The number of nitrogens with zero attached hydrogens (tertiary/aromatic N) is 4. The Bertz CT molecular complexity index is 795. The molecule has 0 bridgehead atoms. The van der Waals surface area contributed by atoms with Crippen LogP contribution in [0.1, 0.15) is 25.3 Å². The molecular weight excluding hydrogens is 364 g/mol. The van der Waals surface area contributed by atoms with Crippen LogP contribution in [0, 0.1) is 0 Å². The molecule has 1 saturated carbocycles. The number of hydrogen-bond donors (Lipinski definition) is 1. The van der Waals surface area contributed by atoms with E-state index in [-0.39, 0.29) is 5.97 Å². The van der Waals surface area contributed by atoms with Gasteiger partial charge in [0.05, 0.1) is 23.9 Å². The standard InChI is InChI=1S/C16H19F2N5O2S/c1-3-25-14(24)16(4-5-16)11-7-19-15(26-2)22-13(11)21-10-6-20-23(8-10)9-12(17)18/h6-8,12H,3-5,9H2,1-2H3,(H,19,21,22). The first-order valence-corrected chi connectivity index (χ1v) is 9.37. The molecule has 140 valence electrons. The Hall–Kier alpha value is -2.23. The number of ether oxygens (including phenoxy) is 1. The fourth-order valence-corrected chi connectivity index (χ4v) is 3.03. The van der Waals surface area contributed by atoms with E-state index in [4.69, 9.17) is 4.74 Å². The fraction of sp³-hybridized carbons (Fsp3) is 0.500. The monoisotopic (exact) mass is 383 g/mol. The van der Waals surface area contributed by atoms with Crippen molar-refractivity contribution < 1.29 is 18.3 Å². The van der Waals surface area contributed by atoms with Gasteiger partial charge in [0.15, 0.2) is 5.16 Å². The molecule has 2 aromatic rings. The normalized spacial score (nSPS) is 15.1. The lowest BCUT2D eigenvalue weighted by Crippen LogP contribution is -2.25. The molecule has 0 saturated heterocycles. The van der Waals surface area contributed by atoms with Crippen molar-refractivity contribution in [1.82, 2.24) is 19.7 Å². The maximum absolute atomic E-state index is 12.5. The fourth-order valence-electron chi connectivity index (χ4n) is 2.69. The highest BCUT2D eigenvalue weighted by Crippen LogP contribution is 2.51. The molecule has 1 aliphatic rings. The van der Waals surface area contributed by atoms with E-state index in [1.54, 1.807) is 13.1 Å². The molecule has 0 spiro atoms. The second-order valence-electron chi connectivity index (χ2n) is 5.89. The molecule has 0 amide bonds. The molecule has 2 aromatic heterocycles. The molecule has 1 aliphatic carbocycles. The lowest BCUT2D eigenvalue weighted by molar-refractivity contribution is -0.146. The third kappa shape index (κ3) is 3.79. The smallest absolute Gasteiger partial charge is 0.316 e. The second-order valence-corrected chi connectivity index (χ2v) is 6.66. The average Bonchev–Trinajstić information content (AvgIpc) is 3.30. The van der Waals surface area contributed by atoms with Gasteiger partial charge in [-0.3, -0.25) is 9.48 Å². The van der Waals surface area contributed by atoms with E-state index in [0.717, 1.165) is 4.68 Å². The van der Waals surface area contributed by atoms with Gasteiger partial charge >= 0.3 is 5.97 Å². The minimum absolute atomic E-state index is 0.294. The summed E-state index contributed by atoms with van der Waals surface area (Å²) in [5, 5.41) is 7.52. The SMILES string of the molecule is CCOC(=O)C1(c2cnc(SC)nc2Nc2cnn(CC(F)F)c2)CC1. The van der Waals surface area contributed by atoms with E-state index in [1.807, 2.05) is 6.26 Å². The molecule has 0 aliphatic heterocycles. The summed E-state index contributed by atoms with van der Waals surface area (Å²) in [6.07, 6.45) is 5.23. The molecule has 3 rings (SSSR count). The van der Waals surface area contributed by atoms with Crippen molar-refractivity contribution >= 4 is 29.2 Å². The van der Waals surface area contributed by atoms with Crippen LogP contribution in [-0.2, 0) is 21.5 Å². The van der Waals surface area contributed by atoms with Crippen molar-refractivity contribution in [2.45, 2.75) is 43.3 Å². The van der Waals surface area contributed by atoms with Crippen LogP contribution in [0.5, 0.6) is 0 Å². The topological polar surface area (TPSA) is 81.9 Å². The average molecular weight is 383 g/mol. The third-order valence-electron chi connectivity index (χ3n) is 4.10. The summed E-state index contributed by atoms with van der Waals surface area (Å²) in [5.41, 5.74) is 0.418. The lowest BCUT2D eigenvalue weighted by Gasteiger charge is -2.18. The Labute approximate surface area is 153 Å². The van der Waals surface area contributed by atoms with E-state index in [9.17, 15) is 13.6 Å². The first kappa shape index (κ1) is 18.6. The van der Waals surface area contributed by atoms with E-state index >= 15 is 0 Å². The van der Waals surface area contributed by atoms with Crippen molar-refractivity contribution in [1.29, 1.82) is 0 Å². The highest BCUT2D eigenvalue weighted by molar-refractivity contribution is 7.98. The quantitative estimate of drug-likeness (QED) is 0.426. The summed E-state index contributed by atoms with van der Waals surface area (Å²) in [5.74, 6) is 0.170. The van der Waals surface area contributed by atoms with Crippen LogP contribution in [0.25, 0.3) is 0 Å². The molecule has 1 N–H and O–H groups in total. The highest BCUT2D eigenvalue weighted by atomic mass is 32.2. The Balaban J connectivity index is 1.90. The maximum Gasteiger partial charge on any atom is 0.316 e. The number of carbonyl (C=O) groups excluding carboxylic acids is 1. The number of thioether (sulfide) groups is 1. The second kappa shape index (κ2) is 7.56. The Morgan fingerprint density at radius 2 is 2.23 bits per heavy atom. The number of rotatable bonds is 8. The van der Waals surface area contributed by atoms with Gasteiger partial charge in [0.1, 0.15) is 12.4 Å². The molecule has 1 fully saturated rings. The first-order valence-electron chi connectivity index (χ1n) is 8.15. The van der Waals surface area contributed by atoms with Crippen molar-refractivity contribution in [3.63, 3.8) is 0 Å². The molecule has 0 atom stereocenters. The van der Waals surface area contributed by atoms with Gasteiger partial charge in [0.2, 0.25) is 0 Å². The number of nitrogens with one attached hydrogen (secondary N) is 1. The van der Waals surface area contributed by atoms with Gasteiger partial charge in [-0.05, 0) is 26.0 Å². The van der Waals surface area contributed by atoms with Crippen molar-refractivity contribution in [2.24, 2.45) is 0 Å². The number of alkyl halides is 2. The van der Waals surface area contributed by atoms with Gasteiger partial charge in [0, 0.05) is 18.0 Å². The van der Waals surface area contributed by atoms with E-state index in [1.165, 1.54) is 24.2 Å². The largest absolute Gasteiger partial charge is 0.465 e. The zero-order valence-corrected chi connectivity index (χ0v) is 15.2. The summed E-state index contributed by atoms with van der Waals surface area (Å²) >= 11 is 1.37. The Kier molecular flexibility index (Phi) is 5.40. The molecule has 0 aromatic carbocycles. The number of hydrogen-bond acceptors (Lipinski definition) is 7. The minimum Gasteiger partial charge on any atom is -0.465 e. The lowest BCUT2D eigenvalue weighted by atomic mass is 9.98. The zero-order valence-electron chi connectivity index (χ0n) is 14.4. The van der Waals surface area contributed by atoms with Crippen LogP contribution in [0.3, 0.4) is 0 Å². The molecule has 7 nitrogen and oxygen atoms in total. The van der Waals surface area contributed by atoms with E-state index in [2.05, 4.69) is 20.4 Å². The molecule has 2 heterocycles. The number of carbonyl (C=O) groups is 1. The van der Waals surface area contributed by atoms with Gasteiger partial charge in [-0.25, -0.2) is 18.7 Å². The van der Waals surface area contributed by atoms with Crippen LogP contribution in [0.4, 0.5) is 20.3 Å². The number of halogens is 2. The molecule has 26 heavy (non-hydrogen) atoms. The summed E-state index contributed by atoms with van der Waals surface area (Å²) in [4.78, 5) is 21.1. The molecular formula is C16H19F2N5O2S. The van der Waals surface area contributed by atoms with Gasteiger partial charge in [-0.2, -0.15) is 5.10 Å². The summed E-state index contributed by atoms with van der Waals surface area (Å²) < 4.78 is 31.3. The maximum atomic E-state index is 12.5. The van der Waals surface area contributed by atoms with Crippen LogP contribution >= 0.6 is 11.8 Å². The zero-order chi connectivity index (χ0) is 18.7. The van der Waals surface area contributed by atoms with Gasteiger partial charge in [-0.15, -0.1) is 0 Å². The first-order chi connectivity index (χ1) is 12.5. The van der Waals surface area contributed by atoms with Crippen molar-refractivity contribution in [2.75, 3.05) is 18.2 Å². The summed E-state index contributed by atoms with van der Waals surface area (Å²) in [6.45, 7) is 1.58. The number of anilines is 2. The van der Waals surface area contributed by atoms with Crippen LogP contribution in [0.2, 0.25) is 0 Å². The predicted molar refractivity (Wildman–Crippen MR) is 92.9 cm³/mol. The Morgan fingerprint density at radius 1 is 1.46 bits per heavy atom. The van der Waals surface area contributed by atoms with Crippen molar-refractivity contribution in [3.8, 4) is 0 Å². The van der Waals surface area contributed by atoms with Crippen molar-refractivity contribution in [3.05, 3.63) is 24.2 Å².